The van der Waals surface area contributed by atoms with Crippen LogP contribution < -0.4 is 16.0 Å². The first-order chi connectivity index (χ1) is 8.05. The number of anilines is 1. The molecule has 0 bridgehead atoms. The molecule has 92 valence electrons. The molecule has 0 unspecified atom stereocenters. The fourth-order valence-corrected chi connectivity index (χ4v) is 2.05. The fraction of sp³-hybridized carbons (Fsp3) is 0.500. The average molecular weight is 234 g/mol. The van der Waals surface area contributed by atoms with E-state index in [2.05, 4.69) is 15.2 Å². The third-order valence-electron chi connectivity index (χ3n) is 3.18. The van der Waals surface area contributed by atoms with Crippen molar-refractivity contribution in [2.24, 2.45) is 5.73 Å². The Morgan fingerprint density at radius 3 is 2.88 bits per heavy atom. The zero-order chi connectivity index (χ0) is 12.5. The van der Waals surface area contributed by atoms with Gasteiger partial charge in [-0.3, -0.25) is 9.78 Å². The Morgan fingerprint density at radius 2 is 2.29 bits per heavy atom. The molecule has 1 amide bonds. The van der Waals surface area contributed by atoms with Gasteiger partial charge in [0.15, 0.2) is 0 Å². The first-order valence-corrected chi connectivity index (χ1v) is 5.76. The van der Waals surface area contributed by atoms with Crippen molar-refractivity contribution in [1.29, 1.82) is 0 Å². The minimum absolute atomic E-state index is 0.0478. The maximum atomic E-state index is 11.8. The van der Waals surface area contributed by atoms with Crippen LogP contribution in [0.4, 0.5) is 5.69 Å². The lowest BCUT2D eigenvalue weighted by Crippen LogP contribution is -2.62. The molecule has 1 aromatic heterocycles. The van der Waals surface area contributed by atoms with Gasteiger partial charge in [0.25, 0.3) is 0 Å². The Morgan fingerprint density at radius 1 is 1.53 bits per heavy atom. The number of hydrogen-bond acceptors (Lipinski definition) is 4. The molecule has 2 rings (SSSR count). The number of nitrogens with one attached hydrogen (secondary N) is 1. The summed E-state index contributed by atoms with van der Waals surface area (Å²) in [7, 11) is 0. The van der Waals surface area contributed by atoms with Crippen molar-refractivity contribution in [3.05, 3.63) is 24.0 Å². The third-order valence-corrected chi connectivity index (χ3v) is 3.18. The number of carbonyl (C=O) groups excluding carboxylic acids is 1. The van der Waals surface area contributed by atoms with Gasteiger partial charge in [-0.25, -0.2) is 0 Å². The second-order valence-corrected chi connectivity index (χ2v) is 4.68. The van der Waals surface area contributed by atoms with E-state index in [0.717, 1.165) is 17.9 Å². The Bertz CT molecular complexity index is 413. The van der Waals surface area contributed by atoms with Crippen molar-refractivity contribution in [3.63, 3.8) is 0 Å². The molecule has 2 heterocycles. The number of amides is 1. The van der Waals surface area contributed by atoms with E-state index in [1.807, 2.05) is 26.0 Å². The maximum absolute atomic E-state index is 11.8. The smallest absolute Gasteiger partial charge is 0.245 e. The first kappa shape index (κ1) is 11.9. The Balaban J connectivity index is 2.28. The van der Waals surface area contributed by atoms with E-state index < -0.39 is 5.54 Å². The quantitative estimate of drug-likeness (QED) is 0.769. The van der Waals surface area contributed by atoms with Crippen LogP contribution in [0.3, 0.4) is 0 Å². The predicted octanol–water partition coefficient (Wildman–Crippen LogP) is 0.255. The van der Waals surface area contributed by atoms with Gasteiger partial charge in [-0.15, -0.1) is 0 Å². The number of aromatic nitrogens is 1. The number of piperazine rings is 1. The zero-order valence-electron chi connectivity index (χ0n) is 10.2. The van der Waals surface area contributed by atoms with E-state index in [9.17, 15) is 4.79 Å². The van der Waals surface area contributed by atoms with Crippen LogP contribution in [-0.4, -0.2) is 29.5 Å². The highest BCUT2D eigenvalue weighted by molar-refractivity contribution is 5.90. The molecule has 1 fully saturated rings. The Kier molecular flexibility index (Phi) is 3.02. The highest BCUT2D eigenvalue weighted by Gasteiger charge is 2.37. The molecule has 0 radical (unpaired) electrons. The molecule has 5 nitrogen and oxygen atoms in total. The molecule has 0 aliphatic carbocycles. The zero-order valence-corrected chi connectivity index (χ0v) is 10.2. The highest BCUT2D eigenvalue weighted by atomic mass is 16.2. The van der Waals surface area contributed by atoms with E-state index in [-0.39, 0.29) is 5.91 Å². The molecule has 1 saturated heterocycles. The lowest BCUT2D eigenvalue weighted by Gasteiger charge is -2.42. The van der Waals surface area contributed by atoms with E-state index in [1.54, 1.807) is 6.20 Å². The second kappa shape index (κ2) is 4.33. The van der Waals surface area contributed by atoms with Crippen molar-refractivity contribution >= 4 is 11.6 Å². The van der Waals surface area contributed by atoms with Crippen LogP contribution in [-0.2, 0) is 11.3 Å². The average Bonchev–Trinajstić information content (AvgIpc) is 2.33. The van der Waals surface area contributed by atoms with E-state index in [4.69, 9.17) is 5.73 Å². The third kappa shape index (κ3) is 2.10. The largest absolute Gasteiger partial charge is 0.354 e. The number of hydrogen-bond donors (Lipinski definition) is 2. The van der Waals surface area contributed by atoms with Crippen molar-refractivity contribution in [2.75, 3.05) is 18.0 Å². The lowest BCUT2D eigenvalue weighted by molar-refractivity contribution is -0.126. The molecule has 1 aliphatic rings. The summed E-state index contributed by atoms with van der Waals surface area (Å²) in [6, 6.07) is 3.87. The molecule has 0 atom stereocenters. The van der Waals surface area contributed by atoms with Gasteiger partial charge in [0, 0.05) is 19.6 Å². The lowest BCUT2D eigenvalue weighted by atomic mass is 9.98. The number of nitrogens with two attached hydrogens (primary N) is 1. The minimum Gasteiger partial charge on any atom is -0.354 e. The molecular weight excluding hydrogens is 216 g/mol. The summed E-state index contributed by atoms with van der Waals surface area (Å²) >= 11 is 0. The summed E-state index contributed by atoms with van der Waals surface area (Å²) in [5.74, 6) is 0.0478. The van der Waals surface area contributed by atoms with Gasteiger partial charge >= 0.3 is 0 Å². The van der Waals surface area contributed by atoms with Crippen LogP contribution in [0.1, 0.15) is 19.5 Å². The maximum Gasteiger partial charge on any atom is 0.245 e. The minimum atomic E-state index is -0.538. The molecule has 0 spiro atoms. The molecular formula is C12H18N4O. The predicted molar refractivity (Wildman–Crippen MR) is 66.6 cm³/mol. The molecule has 1 aromatic rings. The van der Waals surface area contributed by atoms with Gasteiger partial charge in [-0.2, -0.15) is 0 Å². The van der Waals surface area contributed by atoms with Gasteiger partial charge < -0.3 is 16.0 Å². The SMILES string of the molecule is CC1(C)C(=O)NCCN1c1ccc(CN)nc1. The molecule has 3 N–H and O–H groups in total. The van der Waals surface area contributed by atoms with Gasteiger partial charge in [0.1, 0.15) is 5.54 Å². The van der Waals surface area contributed by atoms with Crippen molar-refractivity contribution in [3.8, 4) is 0 Å². The van der Waals surface area contributed by atoms with Crippen LogP contribution in [0.25, 0.3) is 0 Å². The number of nitrogens with zero attached hydrogens (tertiary/aromatic N) is 2. The summed E-state index contributed by atoms with van der Waals surface area (Å²) in [6.45, 7) is 5.73. The standard InChI is InChI=1S/C12H18N4O/c1-12(2)11(17)14-5-6-16(12)10-4-3-9(7-13)15-8-10/h3-4,8H,5-7,13H2,1-2H3,(H,14,17). The second-order valence-electron chi connectivity index (χ2n) is 4.68. The molecule has 0 saturated carbocycles. The molecule has 17 heavy (non-hydrogen) atoms. The highest BCUT2D eigenvalue weighted by Crippen LogP contribution is 2.25. The Labute approximate surface area is 101 Å². The van der Waals surface area contributed by atoms with Crippen molar-refractivity contribution < 1.29 is 4.79 Å². The van der Waals surface area contributed by atoms with E-state index in [0.29, 0.717) is 13.1 Å². The fourth-order valence-electron chi connectivity index (χ4n) is 2.05. The molecule has 5 heteroatoms. The molecule has 1 aliphatic heterocycles. The number of pyridine rings is 1. The van der Waals surface area contributed by atoms with Crippen LogP contribution in [0.2, 0.25) is 0 Å². The van der Waals surface area contributed by atoms with Crippen LogP contribution >= 0.6 is 0 Å². The van der Waals surface area contributed by atoms with Gasteiger partial charge in [0.2, 0.25) is 5.91 Å². The summed E-state index contributed by atoms with van der Waals surface area (Å²) in [6.07, 6.45) is 1.78. The topological polar surface area (TPSA) is 71.2 Å². The summed E-state index contributed by atoms with van der Waals surface area (Å²) < 4.78 is 0. The summed E-state index contributed by atoms with van der Waals surface area (Å²) in [5, 5.41) is 2.87. The monoisotopic (exact) mass is 234 g/mol. The number of rotatable bonds is 2. The Hall–Kier alpha value is -1.62. The van der Waals surface area contributed by atoms with Gasteiger partial charge in [0.05, 0.1) is 17.6 Å². The summed E-state index contributed by atoms with van der Waals surface area (Å²) in [5.41, 5.74) is 6.79. The molecule has 0 aromatic carbocycles. The first-order valence-electron chi connectivity index (χ1n) is 5.76. The van der Waals surface area contributed by atoms with E-state index >= 15 is 0 Å². The van der Waals surface area contributed by atoms with Gasteiger partial charge in [-0.1, -0.05) is 0 Å². The van der Waals surface area contributed by atoms with Crippen LogP contribution in [0.15, 0.2) is 18.3 Å². The van der Waals surface area contributed by atoms with Crippen molar-refractivity contribution in [1.82, 2.24) is 10.3 Å². The van der Waals surface area contributed by atoms with Crippen LogP contribution in [0, 0.1) is 0 Å². The van der Waals surface area contributed by atoms with Gasteiger partial charge in [-0.05, 0) is 26.0 Å². The van der Waals surface area contributed by atoms with Crippen molar-refractivity contribution in [2.45, 2.75) is 25.9 Å². The number of carbonyl (C=O) groups is 1. The summed E-state index contributed by atoms with van der Waals surface area (Å²) in [4.78, 5) is 18.2. The van der Waals surface area contributed by atoms with E-state index in [1.165, 1.54) is 0 Å². The normalized spacial score (nSPS) is 19.0. The van der Waals surface area contributed by atoms with Crippen LogP contribution in [0.5, 0.6) is 0 Å².